The molecule has 0 spiro atoms. The molecule has 0 unspecified atom stereocenters. The summed E-state index contributed by atoms with van der Waals surface area (Å²) in [6.45, 7) is 1.93. The quantitative estimate of drug-likeness (QED) is 0.324. The Bertz CT molecular complexity index is 769. The maximum absolute atomic E-state index is 12.2. The number of hydrogen-bond acceptors (Lipinski definition) is 4. The van der Waals surface area contributed by atoms with E-state index < -0.39 is 5.97 Å². The fraction of sp³-hybridized carbons (Fsp3) is 0.143. The Balaban J connectivity index is 1.98. The van der Waals surface area contributed by atoms with Crippen molar-refractivity contribution in [2.24, 2.45) is 0 Å². The van der Waals surface area contributed by atoms with Crippen LogP contribution in [0.3, 0.4) is 0 Å². The highest BCUT2D eigenvalue weighted by atomic mass is 16.5. The third-order valence-corrected chi connectivity index (χ3v) is 3.39. The number of hydrogen-bond donors (Lipinski definition) is 0. The molecule has 25 heavy (non-hydrogen) atoms. The minimum atomic E-state index is -0.430. The second-order valence-electron chi connectivity index (χ2n) is 5.23. The normalized spacial score (nSPS) is 11.0. The van der Waals surface area contributed by atoms with Crippen molar-refractivity contribution in [1.29, 1.82) is 0 Å². The molecule has 0 radical (unpaired) electrons. The van der Waals surface area contributed by atoms with Crippen molar-refractivity contribution < 1.29 is 19.1 Å². The van der Waals surface area contributed by atoms with E-state index in [-0.39, 0.29) is 5.78 Å². The monoisotopic (exact) mass is 336 g/mol. The highest BCUT2D eigenvalue weighted by Gasteiger charge is 2.04. The van der Waals surface area contributed by atoms with Gasteiger partial charge < -0.3 is 9.47 Å². The van der Waals surface area contributed by atoms with Crippen LogP contribution in [-0.2, 0) is 4.79 Å². The average molecular weight is 336 g/mol. The standard InChI is InChI=1S/C21H20O4/c1-3-4-5-21(23)25-19-13-9-17(10-14-19)20(22)15-8-16-6-11-18(24-2)12-7-16/h4-15H,3H2,1-2H3. The van der Waals surface area contributed by atoms with E-state index in [9.17, 15) is 9.59 Å². The first-order chi connectivity index (χ1) is 12.1. The summed E-state index contributed by atoms with van der Waals surface area (Å²) in [5.74, 6) is 0.615. The molecule has 0 aliphatic heterocycles. The third kappa shape index (κ3) is 5.77. The Morgan fingerprint density at radius 1 is 0.920 bits per heavy atom. The van der Waals surface area contributed by atoms with Gasteiger partial charge in [0.25, 0.3) is 0 Å². The highest BCUT2D eigenvalue weighted by Crippen LogP contribution is 2.15. The fourth-order valence-electron chi connectivity index (χ4n) is 2.03. The van der Waals surface area contributed by atoms with Gasteiger partial charge in [0, 0.05) is 11.6 Å². The third-order valence-electron chi connectivity index (χ3n) is 3.39. The molecule has 0 aliphatic rings. The molecule has 0 bridgehead atoms. The molecule has 0 amide bonds. The number of allylic oxidation sites excluding steroid dienone is 2. The molecule has 2 rings (SSSR count). The summed E-state index contributed by atoms with van der Waals surface area (Å²) in [5, 5.41) is 0. The van der Waals surface area contributed by atoms with Gasteiger partial charge in [-0.05, 0) is 54.5 Å². The summed E-state index contributed by atoms with van der Waals surface area (Å²) >= 11 is 0. The van der Waals surface area contributed by atoms with Crippen LogP contribution in [0.25, 0.3) is 6.08 Å². The molecule has 4 heteroatoms. The van der Waals surface area contributed by atoms with E-state index in [4.69, 9.17) is 9.47 Å². The van der Waals surface area contributed by atoms with E-state index in [1.165, 1.54) is 12.2 Å². The van der Waals surface area contributed by atoms with Crippen LogP contribution in [0.15, 0.2) is 66.8 Å². The van der Waals surface area contributed by atoms with Crippen LogP contribution < -0.4 is 9.47 Å². The zero-order chi connectivity index (χ0) is 18.1. The molecule has 2 aromatic carbocycles. The van der Waals surface area contributed by atoms with Crippen molar-refractivity contribution in [3.63, 3.8) is 0 Å². The van der Waals surface area contributed by atoms with Crippen LogP contribution in [0.2, 0.25) is 0 Å². The molecule has 0 fully saturated rings. The van der Waals surface area contributed by atoms with Crippen LogP contribution in [0.1, 0.15) is 29.3 Å². The number of ketones is 1. The topological polar surface area (TPSA) is 52.6 Å². The van der Waals surface area contributed by atoms with Gasteiger partial charge in [0.05, 0.1) is 7.11 Å². The van der Waals surface area contributed by atoms with Crippen LogP contribution in [0.5, 0.6) is 11.5 Å². The summed E-state index contributed by atoms with van der Waals surface area (Å²) in [7, 11) is 1.61. The van der Waals surface area contributed by atoms with Gasteiger partial charge in [0.15, 0.2) is 5.78 Å². The van der Waals surface area contributed by atoms with Crippen LogP contribution >= 0.6 is 0 Å². The first-order valence-corrected chi connectivity index (χ1v) is 7.97. The molecular formula is C21H20O4. The van der Waals surface area contributed by atoms with E-state index in [1.807, 2.05) is 31.2 Å². The minimum Gasteiger partial charge on any atom is -0.497 e. The predicted octanol–water partition coefficient (Wildman–Crippen LogP) is 4.46. The molecule has 0 aromatic heterocycles. The number of ether oxygens (including phenoxy) is 2. The summed E-state index contributed by atoms with van der Waals surface area (Å²) in [4.78, 5) is 23.7. The Morgan fingerprint density at radius 3 is 2.16 bits per heavy atom. The van der Waals surface area contributed by atoms with Crippen LogP contribution in [0.4, 0.5) is 0 Å². The second-order valence-corrected chi connectivity index (χ2v) is 5.23. The first kappa shape index (κ1) is 18.2. The van der Waals surface area contributed by atoms with Gasteiger partial charge in [0.2, 0.25) is 0 Å². The molecular weight excluding hydrogens is 316 g/mol. The predicted molar refractivity (Wildman–Crippen MR) is 97.9 cm³/mol. The molecule has 0 saturated carbocycles. The Kier molecular flexibility index (Phi) is 6.72. The van der Waals surface area contributed by atoms with Crippen molar-refractivity contribution >= 4 is 17.8 Å². The molecule has 4 nitrogen and oxygen atoms in total. The van der Waals surface area contributed by atoms with E-state index in [2.05, 4.69) is 0 Å². The maximum Gasteiger partial charge on any atom is 0.335 e. The zero-order valence-corrected chi connectivity index (χ0v) is 14.3. The Hall–Kier alpha value is -3.14. The highest BCUT2D eigenvalue weighted by molar-refractivity contribution is 6.06. The Morgan fingerprint density at radius 2 is 1.56 bits per heavy atom. The summed E-state index contributed by atoms with van der Waals surface area (Å²) in [5.41, 5.74) is 1.43. The molecule has 0 heterocycles. The SMILES string of the molecule is CCC=CC(=O)Oc1ccc(C(=O)C=Cc2ccc(OC)cc2)cc1. The number of carbonyl (C=O) groups excluding carboxylic acids is 2. The van der Waals surface area contributed by atoms with E-state index in [0.717, 1.165) is 17.7 Å². The van der Waals surface area contributed by atoms with Crippen molar-refractivity contribution in [2.75, 3.05) is 7.11 Å². The van der Waals surface area contributed by atoms with Gasteiger partial charge in [-0.25, -0.2) is 4.79 Å². The van der Waals surface area contributed by atoms with Crippen molar-refractivity contribution in [2.45, 2.75) is 13.3 Å². The zero-order valence-electron chi connectivity index (χ0n) is 14.3. The maximum atomic E-state index is 12.2. The van der Waals surface area contributed by atoms with Gasteiger partial charge in [-0.3, -0.25) is 4.79 Å². The number of benzene rings is 2. The van der Waals surface area contributed by atoms with E-state index in [1.54, 1.807) is 43.5 Å². The molecule has 0 aliphatic carbocycles. The smallest absolute Gasteiger partial charge is 0.335 e. The van der Waals surface area contributed by atoms with Gasteiger partial charge >= 0.3 is 5.97 Å². The van der Waals surface area contributed by atoms with Crippen molar-refractivity contribution in [3.8, 4) is 11.5 Å². The van der Waals surface area contributed by atoms with Gasteiger partial charge in [-0.1, -0.05) is 31.2 Å². The lowest BCUT2D eigenvalue weighted by molar-refractivity contribution is -0.129. The van der Waals surface area contributed by atoms with Gasteiger partial charge in [0.1, 0.15) is 11.5 Å². The molecule has 0 atom stereocenters. The van der Waals surface area contributed by atoms with Crippen molar-refractivity contribution in [3.05, 3.63) is 77.9 Å². The van der Waals surface area contributed by atoms with Crippen LogP contribution in [-0.4, -0.2) is 18.9 Å². The first-order valence-electron chi connectivity index (χ1n) is 7.97. The Labute approximate surface area is 147 Å². The van der Waals surface area contributed by atoms with Crippen LogP contribution in [0, 0.1) is 0 Å². The summed E-state index contributed by atoms with van der Waals surface area (Å²) < 4.78 is 10.2. The van der Waals surface area contributed by atoms with Gasteiger partial charge in [-0.2, -0.15) is 0 Å². The van der Waals surface area contributed by atoms with Gasteiger partial charge in [-0.15, -0.1) is 0 Å². The van der Waals surface area contributed by atoms with Crippen molar-refractivity contribution in [1.82, 2.24) is 0 Å². The largest absolute Gasteiger partial charge is 0.497 e. The summed E-state index contributed by atoms with van der Waals surface area (Å²) in [6, 6.07) is 13.9. The lowest BCUT2D eigenvalue weighted by atomic mass is 10.1. The fourth-order valence-corrected chi connectivity index (χ4v) is 2.03. The molecule has 2 aromatic rings. The molecule has 0 saturated heterocycles. The second kappa shape index (κ2) is 9.23. The molecule has 0 N–H and O–H groups in total. The lowest BCUT2D eigenvalue weighted by Gasteiger charge is -2.02. The molecule has 128 valence electrons. The average Bonchev–Trinajstić information content (AvgIpc) is 2.65. The number of esters is 1. The van der Waals surface area contributed by atoms with E-state index in [0.29, 0.717) is 11.3 Å². The minimum absolute atomic E-state index is 0.125. The summed E-state index contributed by atoms with van der Waals surface area (Å²) in [6.07, 6.45) is 7.13. The number of rotatable bonds is 7. The number of methoxy groups -OCH3 is 1. The lowest BCUT2D eigenvalue weighted by Crippen LogP contribution is -2.04. The number of carbonyl (C=O) groups is 2. The van der Waals surface area contributed by atoms with E-state index >= 15 is 0 Å².